The first-order chi connectivity index (χ1) is 11.9. The minimum Gasteiger partial charge on any atom is -0.468 e. The lowest BCUT2D eigenvalue weighted by Crippen LogP contribution is -2.43. The van der Waals surface area contributed by atoms with Crippen molar-refractivity contribution in [1.29, 1.82) is 0 Å². The minimum absolute atomic E-state index is 0.510. The molecule has 1 aromatic rings. The van der Waals surface area contributed by atoms with Crippen LogP contribution in [0.15, 0.2) is 54.6 Å². The molecule has 134 valence electrons. The van der Waals surface area contributed by atoms with Gasteiger partial charge in [-0.1, -0.05) is 48.6 Å². The lowest BCUT2D eigenvalue weighted by molar-refractivity contribution is -0.168. The van der Waals surface area contributed by atoms with Crippen LogP contribution < -0.4 is 0 Å². The molecular weight excluding hydrogens is 324 g/mol. The molecule has 0 N–H and O–H groups in total. The minimum atomic E-state index is -1.58. The lowest BCUT2D eigenvalue weighted by Gasteiger charge is -2.31. The van der Waals surface area contributed by atoms with Crippen molar-refractivity contribution in [2.75, 3.05) is 21.3 Å². The van der Waals surface area contributed by atoms with E-state index in [-0.39, 0.29) is 0 Å². The third-order valence-corrected chi connectivity index (χ3v) is 3.85. The molecule has 0 unspecified atom stereocenters. The number of ether oxygens (including phenoxy) is 3. The van der Waals surface area contributed by atoms with Gasteiger partial charge >= 0.3 is 17.9 Å². The van der Waals surface area contributed by atoms with E-state index in [4.69, 9.17) is 9.47 Å². The van der Waals surface area contributed by atoms with Gasteiger partial charge in [-0.2, -0.15) is 0 Å². The monoisotopic (exact) mass is 346 g/mol. The maximum atomic E-state index is 12.4. The molecule has 1 rings (SSSR count). The predicted octanol–water partition coefficient (Wildman–Crippen LogP) is 2.41. The van der Waals surface area contributed by atoms with Crippen molar-refractivity contribution in [1.82, 2.24) is 0 Å². The second kappa shape index (κ2) is 9.42. The Hall–Kier alpha value is -2.89. The van der Waals surface area contributed by atoms with Crippen molar-refractivity contribution in [3.05, 3.63) is 60.2 Å². The van der Waals surface area contributed by atoms with Crippen molar-refractivity contribution in [2.24, 2.45) is 5.41 Å². The largest absolute Gasteiger partial charge is 0.468 e. The molecular formula is C19H22O6. The zero-order valence-corrected chi connectivity index (χ0v) is 14.7. The van der Waals surface area contributed by atoms with Crippen molar-refractivity contribution in [3.8, 4) is 0 Å². The van der Waals surface area contributed by atoms with Crippen LogP contribution >= 0.6 is 0 Å². The molecule has 1 aromatic carbocycles. The van der Waals surface area contributed by atoms with Crippen LogP contribution in [0.4, 0.5) is 0 Å². The quantitative estimate of drug-likeness (QED) is 0.248. The Labute approximate surface area is 147 Å². The number of esters is 3. The molecule has 0 aliphatic heterocycles. The van der Waals surface area contributed by atoms with Crippen molar-refractivity contribution >= 4 is 17.9 Å². The van der Waals surface area contributed by atoms with Gasteiger partial charge in [-0.15, -0.1) is 0 Å². The number of carbonyl (C=O) groups excluding carboxylic acids is 3. The molecule has 0 saturated carbocycles. The van der Waals surface area contributed by atoms with Crippen LogP contribution in [0, 0.1) is 5.41 Å². The van der Waals surface area contributed by atoms with E-state index in [1.807, 2.05) is 6.07 Å². The molecule has 0 saturated heterocycles. The number of hydrogen-bond acceptors (Lipinski definition) is 6. The van der Waals surface area contributed by atoms with E-state index in [0.29, 0.717) is 0 Å². The number of rotatable bonds is 7. The number of benzene rings is 1. The van der Waals surface area contributed by atoms with Gasteiger partial charge in [0.25, 0.3) is 0 Å². The number of methoxy groups -OCH3 is 3. The summed E-state index contributed by atoms with van der Waals surface area (Å²) >= 11 is 0. The van der Waals surface area contributed by atoms with Crippen LogP contribution in [0.2, 0.25) is 0 Å². The van der Waals surface area contributed by atoms with Gasteiger partial charge in [0.1, 0.15) is 0 Å². The summed E-state index contributed by atoms with van der Waals surface area (Å²) in [5.41, 5.74) is -0.857. The highest BCUT2D eigenvalue weighted by Gasteiger charge is 2.50. The summed E-state index contributed by atoms with van der Waals surface area (Å²) in [5, 5.41) is 0. The van der Waals surface area contributed by atoms with Gasteiger partial charge in [0.15, 0.2) is 5.41 Å². The number of allylic oxidation sites excluding steroid dienone is 3. The molecule has 0 radical (unpaired) electrons. The van der Waals surface area contributed by atoms with E-state index in [9.17, 15) is 14.4 Å². The highest BCUT2D eigenvalue weighted by Crippen LogP contribution is 2.39. The Balaban J connectivity index is 3.36. The maximum Gasteiger partial charge on any atom is 0.330 e. The average Bonchev–Trinajstić information content (AvgIpc) is 2.66. The van der Waals surface area contributed by atoms with Crippen LogP contribution in [0.25, 0.3) is 0 Å². The first kappa shape index (κ1) is 20.2. The van der Waals surface area contributed by atoms with E-state index < -0.39 is 29.2 Å². The molecule has 0 amide bonds. The fourth-order valence-corrected chi connectivity index (χ4v) is 2.44. The zero-order valence-electron chi connectivity index (χ0n) is 14.7. The standard InChI is InChI=1S/C19H22O6/c1-19(17(21)24-3,18(22)25-4)15(14-10-6-5-7-11-14)12-8-9-13-16(20)23-2/h5-13,15H,1-4H3/b12-8-,13-9+/t15-/m0/s1. The molecule has 0 spiro atoms. The Bertz CT molecular complexity index is 644. The highest BCUT2D eigenvalue weighted by molar-refractivity contribution is 6.01. The molecule has 1 atom stereocenters. The Morgan fingerprint density at radius 2 is 1.48 bits per heavy atom. The van der Waals surface area contributed by atoms with Crippen LogP contribution in [0.5, 0.6) is 0 Å². The summed E-state index contributed by atoms with van der Waals surface area (Å²) in [4.78, 5) is 35.9. The summed E-state index contributed by atoms with van der Waals surface area (Å²) in [6, 6.07) is 9.02. The van der Waals surface area contributed by atoms with Gasteiger partial charge in [0.2, 0.25) is 0 Å². The third-order valence-electron chi connectivity index (χ3n) is 3.85. The molecule has 0 fully saturated rings. The fraction of sp³-hybridized carbons (Fsp3) is 0.316. The normalized spacial score (nSPS) is 12.8. The lowest BCUT2D eigenvalue weighted by atomic mass is 9.73. The SMILES string of the molecule is COC(=O)/C=C/C=C\[C@@H](c1ccccc1)C(C)(C(=O)OC)C(=O)OC. The summed E-state index contributed by atoms with van der Waals surface area (Å²) in [7, 11) is 3.70. The van der Waals surface area contributed by atoms with Crippen molar-refractivity contribution in [3.63, 3.8) is 0 Å². The van der Waals surface area contributed by atoms with Crippen molar-refractivity contribution in [2.45, 2.75) is 12.8 Å². The van der Waals surface area contributed by atoms with E-state index in [1.54, 1.807) is 36.4 Å². The van der Waals surface area contributed by atoms with E-state index in [2.05, 4.69) is 4.74 Å². The first-order valence-electron chi connectivity index (χ1n) is 7.56. The first-order valence-corrected chi connectivity index (χ1v) is 7.56. The topological polar surface area (TPSA) is 78.9 Å². The van der Waals surface area contributed by atoms with Crippen LogP contribution in [-0.2, 0) is 28.6 Å². The van der Waals surface area contributed by atoms with Gasteiger partial charge in [0.05, 0.1) is 21.3 Å². The molecule has 0 heterocycles. The maximum absolute atomic E-state index is 12.4. The van der Waals surface area contributed by atoms with Gasteiger partial charge in [-0.25, -0.2) is 4.79 Å². The average molecular weight is 346 g/mol. The molecule has 0 aliphatic carbocycles. The Morgan fingerprint density at radius 3 is 1.96 bits per heavy atom. The van der Waals surface area contributed by atoms with E-state index >= 15 is 0 Å². The summed E-state index contributed by atoms with van der Waals surface area (Å²) in [6.45, 7) is 1.47. The van der Waals surface area contributed by atoms with Gasteiger partial charge in [0, 0.05) is 12.0 Å². The van der Waals surface area contributed by atoms with Crippen LogP contribution in [-0.4, -0.2) is 39.2 Å². The van der Waals surface area contributed by atoms with E-state index in [0.717, 1.165) is 5.56 Å². The van der Waals surface area contributed by atoms with Crippen LogP contribution in [0.1, 0.15) is 18.4 Å². The zero-order chi connectivity index (χ0) is 18.9. The Morgan fingerprint density at radius 1 is 0.920 bits per heavy atom. The summed E-state index contributed by atoms with van der Waals surface area (Å²) in [6.07, 6.45) is 5.91. The van der Waals surface area contributed by atoms with Crippen LogP contribution in [0.3, 0.4) is 0 Å². The fourth-order valence-electron chi connectivity index (χ4n) is 2.44. The smallest absolute Gasteiger partial charge is 0.330 e. The summed E-state index contributed by atoms with van der Waals surface area (Å²) < 4.78 is 14.2. The van der Waals surface area contributed by atoms with Gasteiger partial charge in [-0.05, 0) is 12.5 Å². The second-order valence-corrected chi connectivity index (χ2v) is 5.34. The molecule has 0 aromatic heterocycles. The molecule has 0 bridgehead atoms. The summed E-state index contributed by atoms with van der Waals surface area (Å²) in [5.74, 6) is -2.59. The predicted molar refractivity (Wildman–Crippen MR) is 91.6 cm³/mol. The number of hydrogen-bond donors (Lipinski definition) is 0. The van der Waals surface area contributed by atoms with Gasteiger partial charge < -0.3 is 14.2 Å². The van der Waals surface area contributed by atoms with Gasteiger partial charge in [-0.3, -0.25) is 9.59 Å². The molecule has 0 aliphatic rings. The highest BCUT2D eigenvalue weighted by atomic mass is 16.5. The second-order valence-electron chi connectivity index (χ2n) is 5.34. The van der Waals surface area contributed by atoms with Crippen molar-refractivity contribution < 1.29 is 28.6 Å². The molecule has 6 nitrogen and oxygen atoms in total. The molecule has 25 heavy (non-hydrogen) atoms. The molecule has 6 heteroatoms. The number of carbonyl (C=O) groups is 3. The van der Waals surface area contributed by atoms with E-state index in [1.165, 1.54) is 40.4 Å². The third kappa shape index (κ3) is 4.79. The Kier molecular flexibility index (Phi) is 7.59.